The van der Waals surface area contributed by atoms with E-state index >= 15 is 0 Å². The zero-order valence-electron chi connectivity index (χ0n) is 16.3. The van der Waals surface area contributed by atoms with Crippen molar-refractivity contribution >= 4 is 17.5 Å². The summed E-state index contributed by atoms with van der Waals surface area (Å²) in [5.41, 5.74) is 4.98. The van der Waals surface area contributed by atoms with Gasteiger partial charge in [0.15, 0.2) is 6.10 Å². The van der Waals surface area contributed by atoms with Gasteiger partial charge in [-0.05, 0) is 86.4 Å². The van der Waals surface area contributed by atoms with Gasteiger partial charge in [-0.1, -0.05) is 36.7 Å². The number of nitrogens with one attached hydrogen (secondary N) is 1. The number of rotatable bonds is 6. The van der Waals surface area contributed by atoms with Gasteiger partial charge >= 0.3 is 0 Å². The van der Waals surface area contributed by atoms with E-state index in [9.17, 15) is 4.79 Å². The highest BCUT2D eigenvalue weighted by atomic mass is 35.5. The molecule has 1 aliphatic carbocycles. The molecule has 144 valence electrons. The fraction of sp³-hybridized carbons (Fsp3) is 0.435. The lowest BCUT2D eigenvalue weighted by molar-refractivity contribution is -0.128. The number of hydrogen-bond acceptors (Lipinski definition) is 2. The molecule has 0 fully saturated rings. The van der Waals surface area contributed by atoms with Gasteiger partial charge in [0, 0.05) is 5.02 Å². The van der Waals surface area contributed by atoms with E-state index in [4.69, 9.17) is 16.3 Å². The second kappa shape index (κ2) is 8.79. The van der Waals surface area contributed by atoms with Gasteiger partial charge in [-0.3, -0.25) is 4.79 Å². The Labute approximate surface area is 167 Å². The lowest BCUT2D eigenvalue weighted by Gasteiger charge is -2.23. The number of fused-ring (bicyclic) bond motifs is 1. The summed E-state index contributed by atoms with van der Waals surface area (Å²) in [4.78, 5) is 12.7. The van der Waals surface area contributed by atoms with Crippen LogP contribution in [0.1, 0.15) is 61.4 Å². The fourth-order valence-corrected chi connectivity index (χ4v) is 3.71. The maximum Gasteiger partial charge on any atom is 0.261 e. The molecule has 0 spiro atoms. The van der Waals surface area contributed by atoms with Gasteiger partial charge in [0.1, 0.15) is 5.75 Å². The van der Waals surface area contributed by atoms with Crippen molar-refractivity contribution in [2.45, 2.75) is 65.0 Å². The molecule has 3 nitrogen and oxygen atoms in total. The Balaban J connectivity index is 1.66. The summed E-state index contributed by atoms with van der Waals surface area (Å²) in [6.45, 7) is 5.91. The van der Waals surface area contributed by atoms with Crippen LogP contribution in [0.4, 0.5) is 0 Å². The molecule has 1 amide bonds. The van der Waals surface area contributed by atoms with Crippen LogP contribution in [0.2, 0.25) is 5.02 Å². The molecule has 1 N–H and O–H groups in total. The maximum absolute atomic E-state index is 12.7. The zero-order valence-corrected chi connectivity index (χ0v) is 17.1. The number of hydrogen-bond donors (Lipinski definition) is 1. The largest absolute Gasteiger partial charge is 0.481 e. The highest BCUT2D eigenvalue weighted by Crippen LogP contribution is 2.25. The molecule has 0 aromatic heterocycles. The van der Waals surface area contributed by atoms with Crippen LogP contribution in [0, 0.1) is 6.92 Å². The molecule has 27 heavy (non-hydrogen) atoms. The fourth-order valence-electron chi connectivity index (χ4n) is 3.59. The average Bonchev–Trinajstić information content (AvgIpc) is 2.68. The third kappa shape index (κ3) is 4.84. The number of ether oxygens (including phenoxy) is 1. The monoisotopic (exact) mass is 385 g/mol. The standard InChI is InChI=1S/C23H28ClNO2/c1-4-22(27-20-11-12-21(24)15(2)13-20)23(26)25-16(3)18-10-9-17-7-5-6-8-19(17)14-18/h9-14,16,22H,4-8H2,1-3H3,(H,25,26)/t16-,22+/m0/s1. The summed E-state index contributed by atoms with van der Waals surface area (Å²) >= 11 is 6.07. The highest BCUT2D eigenvalue weighted by Gasteiger charge is 2.21. The van der Waals surface area contributed by atoms with E-state index in [-0.39, 0.29) is 11.9 Å². The molecule has 0 bridgehead atoms. The van der Waals surface area contributed by atoms with E-state index in [2.05, 4.69) is 23.5 Å². The van der Waals surface area contributed by atoms with Crippen LogP contribution in [-0.2, 0) is 17.6 Å². The lowest BCUT2D eigenvalue weighted by Crippen LogP contribution is -2.39. The molecule has 3 rings (SSSR count). The third-order valence-corrected chi connectivity index (χ3v) is 5.73. The maximum atomic E-state index is 12.7. The molecule has 2 aromatic rings. The Morgan fingerprint density at radius 1 is 1.15 bits per heavy atom. The van der Waals surface area contributed by atoms with Gasteiger partial charge in [0.05, 0.1) is 6.04 Å². The number of carbonyl (C=O) groups excluding carboxylic acids is 1. The normalized spacial score (nSPS) is 15.6. The van der Waals surface area contributed by atoms with Crippen molar-refractivity contribution in [2.24, 2.45) is 0 Å². The van der Waals surface area contributed by atoms with Crippen molar-refractivity contribution in [1.29, 1.82) is 0 Å². The molecule has 2 atom stereocenters. The molecule has 0 unspecified atom stereocenters. The summed E-state index contributed by atoms with van der Waals surface area (Å²) < 4.78 is 5.92. The molecular weight excluding hydrogens is 358 g/mol. The van der Waals surface area contributed by atoms with Crippen LogP contribution < -0.4 is 10.1 Å². The van der Waals surface area contributed by atoms with E-state index < -0.39 is 6.10 Å². The van der Waals surface area contributed by atoms with Gasteiger partial charge in [-0.25, -0.2) is 0 Å². The first-order valence-corrected chi connectivity index (χ1v) is 10.2. The Hall–Kier alpha value is -2.00. The molecule has 1 aliphatic rings. The molecule has 0 radical (unpaired) electrons. The Morgan fingerprint density at radius 2 is 1.89 bits per heavy atom. The van der Waals surface area contributed by atoms with Gasteiger partial charge in [0.2, 0.25) is 0 Å². The van der Waals surface area contributed by atoms with Crippen LogP contribution in [0.3, 0.4) is 0 Å². The van der Waals surface area contributed by atoms with Crippen LogP contribution >= 0.6 is 11.6 Å². The second-order valence-electron chi connectivity index (χ2n) is 7.39. The van der Waals surface area contributed by atoms with Crippen molar-refractivity contribution in [3.8, 4) is 5.75 Å². The van der Waals surface area contributed by atoms with E-state index in [1.54, 1.807) is 12.1 Å². The van der Waals surface area contributed by atoms with Gasteiger partial charge in [-0.15, -0.1) is 0 Å². The first kappa shape index (κ1) is 19.8. The van der Waals surface area contributed by atoms with Gasteiger partial charge < -0.3 is 10.1 Å². The number of benzene rings is 2. The average molecular weight is 386 g/mol. The molecule has 2 aromatic carbocycles. The molecule has 4 heteroatoms. The first-order chi connectivity index (χ1) is 13.0. The number of halogens is 1. The minimum Gasteiger partial charge on any atom is -0.481 e. The highest BCUT2D eigenvalue weighted by molar-refractivity contribution is 6.31. The zero-order chi connectivity index (χ0) is 19.4. The van der Waals surface area contributed by atoms with Crippen molar-refractivity contribution < 1.29 is 9.53 Å². The summed E-state index contributed by atoms with van der Waals surface area (Å²) in [5, 5.41) is 3.81. The van der Waals surface area contributed by atoms with Crippen LogP contribution in [-0.4, -0.2) is 12.0 Å². The van der Waals surface area contributed by atoms with Crippen molar-refractivity contribution in [1.82, 2.24) is 5.32 Å². The van der Waals surface area contributed by atoms with Crippen LogP contribution in [0.25, 0.3) is 0 Å². The molecule has 0 heterocycles. The Kier molecular flexibility index (Phi) is 6.43. The lowest BCUT2D eigenvalue weighted by atomic mass is 9.89. The number of carbonyl (C=O) groups is 1. The smallest absolute Gasteiger partial charge is 0.261 e. The topological polar surface area (TPSA) is 38.3 Å². The van der Waals surface area contributed by atoms with Gasteiger partial charge in [0.25, 0.3) is 5.91 Å². The summed E-state index contributed by atoms with van der Waals surface area (Å²) in [6, 6.07) is 12.0. The molecular formula is C23H28ClNO2. The van der Waals surface area contributed by atoms with Crippen LogP contribution in [0.5, 0.6) is 5.75 Å². The Morgan fingerprint density at radius 3 is 2.59 bits per heavy atom. The third-order valence-electron chi connectivity index (χ3n) is 5.30. The predicted octanol–water partition coefficient (Wildman–Crippen LogP) is 5.56. The van der Waals surface area contributed by atoms with Crippen molar-refractivity contribution in [3.05, 3.63) is 63.7 Å². The summed E-state index contributed by atoms with van der Waals surface area (Å²) in [5.74, 6) is 0.579. The SMILES string of the molecule is CC[C@@H](Oc1ccc(Cl)c(C)c1)C(=O)N[C@@H](C)c1ccc2c(c1)CCCC2. The minimum atomic E-state index is -0.523. The van der Waals surface area contributed by atoms with Crippen molar-refractivity contribution in [3.63, 3.8) is 0 Å². The predicted molar refractivity (Wildman–Crippen MR) is 111 cm³/mol. The van der Waals surface area contributed by atoms with Gasteiger partial charge in [-0.2, -0.15) is 0 Å². The first-order valence-electron chi connectivity index (χ1n) is 9.82. The quantitative estimate of drug-likeness (QED) is 0.706. The molecule has 0 saturated heterocycles. The van der Waals surface area contributed by atoms with Crippen molar-refractivity contribution in [2.75, 3.05) is 0 Å². The number of amides is 1. The van der Waals surface area contributed by atoms with E-state index in [0.29, 0.717) is 17.2 Å². The second-order valence-corrected chi connectivity index (χ2v) is 7.80. The van der Waals surface area contributed by atoms with E-state index in [1.807, 2.05) is 26.8 Å². The molecule has 0 saturated carbocycles. The molecule has 0 aliphatic heterocycles. The summed E-state index contributed by atoms with van der Waals surface area (Å²) in [7, 11) is 0. The minimum absolute atomic E-state index is 0.0469. The summed E-state index contributed by atoms with van der Waals surface area (Å²) in [6.07, 6.45) is 4.92. The van der Waals surface area contributed by atoms with Crippen LogP contribution in [0.15, 0.2) is 36.4 Å². The van der Waals surface area contributed by atoms with E-state index in [0.717, 1.165) is 17.5 Å². The van der Waals surface area contributed by atoms with E-state index in [1.165, 1.54) is 30.4 Å². The Bertz CT molecular complexity index is 818. The number of aryl methyl sites for hydroxylation is 3.